The Morgan fingerprint density at radius 1 is 1.35 bits per heavy atom. The lowest BCUT2D eigenvalue weighted by Crippen LogP contribution is -2.11. The number of hydrogen-bond donors (Lipinski definition) is 0. The fourth-order valence-electron chi connectivity index (χ4n) is 1.43. The van der Waals surface area contributed by atoms with E-state index in [0.717, 1.165) is 6.07 Å². The molecule has 6 nitrogen and oxygen atoms in total. The fraction of sp³-hybridized carbons (Fsp3) is 0.0833. The Balaban J connectivity index is 2.19. The Labute approximate surface area is 123 Å². The third-order valence-corrected chi connectivity index (χ3v) is 3.08. The van der Waals surface area contributed by atoms with Crippen LogP contribution in [0.5, 0.6) is 5.75 Å². The number of halogens is 2. The largest absolute Gasteiger partial charge is 0.478 e. The molecule has 0 spiro atoms. The van der Waals surface area contributed by atoms with E-state index in [0.29, 0.717) is 0 Å². The van der Waals surface area contributed by atoms with Gasteiger partial charge in [-0.2, -0.15) is 0 Å². The molecule has 0 aliphatic carbocycles. The summed E-state index contributed by atoms with van der Waals surface area (Å²) in [5.74, 6) is -0.479. The zero-order chi connectivity index (χ0) is 14.7. The first-order chi connectivity index (χ1) is 9.49. The van der Waals surface area contributed by atoms with Crippen LogP contribution in [0.1, 0.15) is 10.6 Å². The molecule has 0 atom stereocenters. The molecule has 1 heterocycles. The summed E-state index contributed by atoms with van der Waals surface area (Å²) in [7, 11) is 0. The van der Waals surface area contributed by atoms with Gasteiger partial charge in [0.15, 0.2) is 18.1 Å². The number of ketones is 1. The maximum atomic E-state index is 11.7. The number of Topliss-reactive ketones (excluding diaryl/α,β-unsaturated/α-hetero) is 1. The summed E-state index contributed by atoms with van der Waals surface area (Å²) in [4.78, 5) is 21.9. The van der Waals surface area contributed by atoms with Gasteiger partial charge >= 0.3 is 5.69 Å². The molecule has 0 unspecified atom stereocenters. The lowest BCUT2D eigenvalue weighted by molar-refractivity contribution is -0.385. The topological polar surface area (TPSA) is 82.6 Å². The standard InChI is InChI=1S/C12H7Cl2NO5/c13-7-4-9(15(17)18)12(5-8(7)14)20-6-10(16)11-2-1-3-19-11/h1-5H,6H2. The number of carbonyl (C=O) groups excluding carboxylic acids is 1. The second kappa shape index (κ2) is 5.94. The van der Waals surface area contributed by atoms with Crippen LogP contribution < -0.4 is 4.74 Å². The molecular weight excluding hydrogens is 309 g/mol. The van der Waals surface area contributed by atoms with E-state index in [4.69, 9.17) is 32.4 Å². The molecule has 1 aromatic heterocycles. The summed E-state index contributed by atoms with van der Waals surface area (Å²) in [6, 6.07) is 5.28. The van der Waals surface area contributed by atoms with Gasteiger partial charge in [0, 0.05) is 12.1 Å². The van der Waals surface area contributed by atoms with Crippen molar-refractivity contribution in [2.24, 2.45) is 0 Å². The van der Waals surface area contributed by atoms with Crippen molar-refractivity contribution < 1.29 is 18.9 Å². The number of rotatable bonds is 5. The number of furan rings is 1. The summed E-state index contributed by atoms with van der Waals surface area (Å²) >= 11 is 11.5. The van der Waals surface area contributed by atoms with Crippen LogP contribution in [-0.2, 0) is 0 Å². The summed E-state index contributed by atoms with van der Waals surface area (Å²) in [5, 5.41) is 11.0. The van der Waals surface area contributed by atoms with Crippen LogP contribution >= 0.6 is 23.2 Å². The van der Waals surface area contributed by atoms with Crippen molar-refractivity contribution in [1.82, 2.24) is 0 Å². The van der Waals surface area contributed by atoms with Crippen molar-refractivity contribution in [3.8, 4) is 5.75 Å². The van der Waals surface area contributed by atoms with E-state index < -0.39 is 17.3 Å². The first-order valence-electron chi connectivity index (χ1n) is 5.32. The quantitative estimate of drug-likeness (QED) is 0.476. The lowest BCUT2D eigenvalue weighted by Gasteiger charge is -2.06. The van der Waals surface area contributed by atoms with Gasteiger partial charge in [0.1, 0.15) is 0 Å². The predicted octanol–water partition coefficient (Wildman–Crippen LogP) is 3.76. The van der Waals surface area contributed by atoms with Crippen LogP contribution in [0.3, 0.4) is 0 Å². The molecule has 8 heteroatoms. The van der Waals surface area contributed by atoms with Gasteiger partial charge in [-0.3, -0.25) is 14.9 Å². The first-order valence-corrected chi connectivity index (χ1v) is 6.07. The normalized spacial score (nSPS) is 10.3. The van der Waals surface area contributed by atoms with Gasteiger partial charge in [0.2, 0.25) is 5.78 Å². The van der Waals surface area contributed by atoms with Crippen molar-refractivity contribution in [3.63, 3.8) is 0 Å². The molecule has 0 bridgehead atoms. The van der Waals surface area contributed by atoms with Crippen LogP contribution in [0.15, 0.2) is 34.9 Å². The van der Waals surface area contributed by atoms with Gasteiger partial charge in [-0.15, -0.1) is 0 Å². The van der Waals surface area contributed by atoms with Gasteiger partial charge < -0.3 is 9.15 Å². The number of nitrogens with zero attached hydrogens (tertiary/aromatic N) is 1. The molecule has 0 radical (unpaired) electrons. The Morgan fingerprint density at radius 3 is 2.65 bits per heavy atom. The third-order valence-electron chi connectivity index (χ3n) is 2.35. The molecule has 20 heavy (non-hydrogen) atoms. The molecule has 0 saturated heterocycles. The SMILES string of the molecule is O=C(COc1cc(Cl)c(Cl)cc1[N+](=O)[O-])c1ccco1. The highest BCUT2D eigenvalue weighted by Gasteiger charge is 2.20. The van der Waals surface area contributed by atoms with Gasteiger partial charge in [-0.1, -0.05) is 23.2 Å². The fourth-order valence-corrected chi connectivity index (χ4v) is 1.74. The molecule has 0 amide bonds. The minimum absolute atomic E-state index is 0.0306. The average Bonchev–Trinajstić information content (AvgIpc) is 2.93. The zero-order valence-electron chi connectivity index (χ0n) is 9.84. The Kier molecular flexibility index (Phi) is 4.26. The van der Waals surface area contributed by atoms with Crippen molar-refractivity contribution in [3.05, 3.63) is 56.4 Å². The van der Waals surface area contributed by atoms with E-state index in [9.17, 15) is 14.9 Å². The Bertz CT molecular complexity index is 654. The second-order valence-corrected chi connectivity index (χ2v) is 4.49. The van der Waals surface area contributed by atoms with Crippen molar-refractivity contribution >= 4 is 34.7 Å². The number of benzene rings is 1. The van der Waals surface area contributed by atoms with Crippen molar-refractivity contribution in [2.75, 3.05) is 6.61 Å². The molecule has 2 rings (SSSR count). The molecule has 0 saturated carbocycles. The molecule has 2 aromatic rings. The predicted molar refractivity (Wildman–Crippen MR) is 71.6 cm³/mol. The minimum atomic E-state index is -0.672. The van der Waals surface area contributed by atoms with E-state index in [1.165, 1.54) is 18.4 Å². The highest BCUT2D eigenvalue weighted by atomic mass is 35.5. The summed E-state index contributed by atoms with van der Waals surface area (Å²) in [5.41, 5.74) is -0.369. The van der Waals surface area contributed by atoms with E-state index in [-0.39, 0.29) is 27.2 Å². The van der Waals surface area contributed by atoms with E-state index in [2.05, 4.69) is 0 Å². The third kappa shape index (κ3) is 3.09. The maximum Gasteiger partial charge on any atom is 0.312 e. The highest BCUT2D eigenvalue weighted by Crippen LogP contribution is 2.35. The van der Waals surface area contributed by atoms with Gasteiger partial charge in [0.05, 0.1) is 21.2 Å². The van der Waals surface area contributed by atoms with Gasteiger partial charge in [-0.25, -0.2) is 0 Å². The zero-order valence-corrected chi connectivity index (χ0v) is 11.4. The number of hydrogen-bond acceptors (Lipinski definition) is 5. The Morgan fingerprint density at radius 2 is 2.05 bits per heavy atom. The number of nitro groups is 1. The summed E-state index contributed by atoms with van der Waals surface area (Å²) in [6.45, 7) is -0.410. The average molecular weight is 316 g/mol. The van der Waals surface area contributed by atoms with E-state index >= 15 is 0 Å². The summed E-state index contributed by atoms with van der Waals surface area (Å²) in [6.07, 6.45) is 1.34. The Hall–Kier alpha value is -2.05. The molecule has 0 fully saturated rings. The van der Waals surface area contributed by atoms with Crippen LogP contribution in [-0.4, -0.2) is 17.3 Å². The smallest absolute Gasteiger partial charge is 0.312 e. The first kappa shape index (κ1) is 14.4. The minimum Gasteiger partial charge on any atom is -0.478 e. The van der Waals surface area contributed by atoms with E-state index in [1.807, 2.05) is 0 Å². The molecule has 104 valence electrons. The molecule has 0 aliphatic rings. The molecule has 0 aliphatic heterocycles. The van der Waals surface area contributed by atoms with Crippen molar-refractivity contribution in [1.29, 1.82) is 0 Å². The lowest BCUT2D eigenvalue weighted by atomic mass is 10.3. The summed E-state index contributed by atoms with van der Waals surface area (Å²) < 4.78 is 10.0. The number of carbonyl (C=O) groups is 1. The molecule has 0 N–H and O–H groups in total. The second-order valence-electron chi connectivity index (χ2n) is 3.68. The van der Waals surface area contributed by atoms with Gasteiger partial charge in [-0.05, 0) is 12.1 Å². The van der Waals surface area contributed by atoms with Gasteiger partial charge in [0.25, 0.3) is 0 Å². The van der Waals surface area contributed by atoms with Crippen LogP contribution in [0.2, 0.25) is 10.0 Å². The van der Waals surface area contributed by atoms with Crippen LogP contribution in [0.4, 0.5) is 5.69 Å². The maximum absolute atomic E-state index is 11.7. The molecular formula is C12H7Cl2NO5. The monoisotopic (exact) mass is 315 g/mol. The number of nitro benzene ring substituents is 1. The number of ether oxygens (including phenoxy) is 1. The highest BCUT2D eigenvalue weighted by molar-refractivity contribution is 6.42. The van der Waals surface area contributed by atoms with E-state index in [1.54, 1.807) is 6.07 Å². The van der Waals surface area contributed by atoms with Crippen LogP contribution in [0.25, 0.3) is 0 Å². The van der Waals surface area contributed by atoms with Crippen molar-refractivity contribution in [2.45, 2.75) is 0 Å². The molecule has 1 aromatic carbocycles. The van der Waals surface area contributed by atoms with Crippen LogP contribution in [0, 0.1) is 10.1 Å².